The van der Waals surface area contributed by atoms with Gasteiger partial charge in [0.2, 0.25) is 0 Å². The van der Waals surface area contributed by atoms with Crippen LogP contribution in [0.15, 0.2) is 0 Å². The highest BCUT2D eigenvalue weighted by molar-refractivity contribution is 4.97. The zero-order chi connectivity index (χ0) is 17.2. The Bertz CT molecular complexity index is 383. The summed E-state index contributed by atoms with van der Waals surface area (Å²) in [6.07, 6.45) is 7.17. The van der Waals surface area contributed by atoms with Crippen molar-refractivity contribution in [3.8, 4) is 0 Å². The van der Waals surface area contributed by atoms with Crippen LogP contribution in [0.2, 0.25) is 0 Å². The number of hydrogen-bond donors (Lipinski definition) is 0. The molecule has 3 rings (SSSR count). The second-order valence-corrected chi connectivity index (χ2v) is 9.24. The molecule has 2 saturated carbocycles. The SMILES string of the molecule is CN1CC(OCCCCOCC2CC2C2CC(OC(C)(C)C)C2)C1. The van der Waals surface area contributed by atoms with Gasteiger partial charge in [-0.15, -0.1) is 0 Å². The topological polar surface area (TPSA) is 30.9 Å². The Kier molecular flexibility index (Phi) is 6.23. The molecule has 0 bridgehead atoms. The van der Waals surface area contributed by atoms with Crippen LogP contribution in [0.4, 0.5) is 0 Å². The summed E-state index contributed by atoms with van der Waals surface area (Å²) in [5.74, 6) is 2.65. The fourth-order valence-corrected chi connectivity index (χ4v) is 4.13. The highest BCUT2D eigenvalue weighted by Gasteiger charge is 2.48. The maximum atomic E-state index is 6.04. The average Bonchev–Trinajstić information content (AvgIpc) is 3.17. The lowest BCUT2D eigenvalue weighted by atomic mass is 9.78. The van der Waals surface area contributed by atoms with Gasteiger partial charge >= 0.3 is 0 Å². The van der Waals surface area contributed by atoms with Gasteiger partial charge in [-0.1, -0.05) is 0 Å². The molecule has 0 spiro atoms. The summed E-state index contributed by atoms with van der Waals surface area (Å²) < 4.78 is 17.7. The van der Waals surface area contributed by atoms with Gasteiger partial charge in [-0.2, -0.15) is 0 Å². The molecule has 3 aliphatic rings. The van der Waals surface area contributed by atoms with E-state index >= 15 is 0 Å². The van der Waals surface area contributed by atoms with Gasteiger partial charge in [0.05, 0.1) is 17.8 Å². The minimum absolute atomic E-state index is 0.0139. The van der Waals surface area contributed by atoms with E-state index in [1.807, 2.05) is 0 Å². The van der Waals surface area contributed by atoms with Crippen LogP contribution in [-0.2, 0) is 14.2 Å². The number of likely N-dealkylation sites (N-methyl/N-ethyl adjacent to an activating group) is 1. The Morgan fingerprint density at radius 3 is 2.33 bits per heavy atom. The highest BCUT2D eigenvalue weighted by Crippen LogP contribution is 2.52. The van der Waals surface area contributed by atoms with Gasteiger partial charge < -0.3 is 19.1 Å². The summed E-state index contributed by atoms with van der Waals surface area (Å²) in [5.41, 5.74) is 0.0139. The fraction of sp³-hybridized carbons (Fsp3) is 1.00. The predicted octanol–water partition coefficient (Wildman–Crippen LogP) is 3.34. The van der Waals surface area contributed by atoms with E-state index in [1.165, 1.54) is 19.3 Å². The number of ether oxygens (including phenoxy) is 3. The summed E-state index contributed by atoms with van der Waals surface area (Å²) >= 11 is 0. The first-order valence-corrected chi connectivity index (χ1v) is 9.96. The maximum absolute atomic E-state index is 6.04. The Labute approximate surface area is 148 Å². The van der Waals surface area contributed by atoms with Gasteiger partial charge in [0, 0.05) is 32.9 Å². The van der Waals surface area contributed by atoms with Crippen molar-refractivity contribution in [2.45, 2.75) is 70.7 Å². The third-order valence-corrected chi connectivity index (χ3v) is 5.63. The number of likely N-dealkylation sites (tertiary alicyclic amines) is 1. The molecule has 1 saturated heterocycles. The normalized spacial score (nSPS) is 34.0. The Balaban J connectivity index is 1.12. The Morgan fingerprint density at radius 2 is 1.67 bits per heavy atom. The van der Waals surface area contributed by atoms with Crippen molar-refractivity contribution in [2.75, 3.05) is 40.0 Å². The van der Waals surface area contributed by atoms with Crippen LogP contribution in [0.5, 0.6) is 0 Å². The largest absolute Gasteiger partial charge is 0.381 e. The lowest BCUT2D eigenvalue weighted by molar-refractivity contribution is -0.116. The summed E-state index contributed by atoms with van der Waals surface area (Å²) in [5, 5.41) is 0. The van der Waals surface area contributed by atoms with Crippen molar-refractivity contribution in [2.24, 2.45) is 17.8 Å². The molecule has 3 fully saturated rings. The van der Waals surface area contributed by atoms with Gasteiger partial charge in [0.15, 0.2) is 0 Å². The number of hydrogen-bond acceptors (Lipinski definition) is 4. The van der Waals surface area contributed by atoms with Crippen LogP contribution in [0.1, 0.15) is 52.9 Å². The molecular formula is C20H37NO3. The van der Waals surface area contributed by atoms with Crippen molar-refractivity contribution in [3.63, 3.8) is 0 Å². The lowest BCUT2D eigenvalue weighted by Crippen LogP contribution is -2.49. The van der Waals surface area contributed by atoms with Crippen molar-refractivity contribution >= 4 is 0 Å². The quantitative estimate of drug-likeness (QED) is 0.571. The average molecular weight is 340 g/mol. The molecule has 4 nitrogen and oxygen atoms in total. The second-order valence-electron chi connectivity index (χ2n) is 9.24. The van der Waals surface area contributed by atoms with Crippen molar-refractivity contribution < 1.29 is 14.2 Å². The molecule has 4 heteroatoms. The molecule has 0 N–H and O–H groups in total. The molecule has 2 unspecified atom stereocenters. The molecule has 0 aromatic carbocycles. The first kappa shape index (κ1) is 18.6. The first-order valence-electron chi connectivity index (χ1n) is 9.96. The van der Waals surface area contributed by atoms with E-state index in [4.69, 9.17) is 14.2 Å². The van der Waals surface area contributed by atoms with Gasteiger partial charge in [-0.3, -0.25) is 0 Å². The zero-order valence-corrected chi connectivity index (χ0v) is 16.1. The van der Waals surface area contributed by atoms with E-state index in [2.05, 4.69) is 32.7 Å². The van der Waals surface area contributed by atoms with Crippen LogP contribution < -0.4 is 0 Å². The monoisotopic (exact) mass is 339 g/mol. The van der Waals surface area contributed by atoms with Crippen molar-refractivity contribution in [1.82, 2.24) is 4.90 Å². The number of rotatable bonds is 10. The van der Waals surface area contributed by atoms with Crippen LogP contribution >= 0.6 is 0 Å². The summed E-state index contributed by atoms with van der Waals surface area (Å²) in [4.78, 5) is 2.29. The van der Waals surface area contributed by atoms with Gasteiger partial charge in [0.25, 0.3) is 0 Å². The molecule has 0 aromatic rings. The number of unbranched alkanes of at least 4 members (excludes halogenated alkanes) is 1. The summed E-state index contributed by atoms with van der Waals surface area (Å²) in [6, 6.07) is 0. The molecule has 0 amide bonds. The Hall–Kier alpha value is -0.160. The van der Waals surface area contributed by atoms with Gasteiger partial charge in [-0.25, -0.2) is 0 Å². The smallest absolute Gasteiger partial charge is 0.0828 e. The molecular weight excluding hydrogens is 302 g/mol. The van der Waals surface area contributed by atoms with Crippen molar-refractivity contribution in [3.05, 3.63) is 0 Å². The van der Waals surface area contributed by atoms with E-state index in [0.717, 1.165) is 63.5 Å². The highest BCUT2D eigenvalue weighted by atomic mass is 16.5. The lowest BCUT2D eigenvalue weighted by Gasteiger charge is -2.39. The molecule has 24 heavy (non-hydrogen) atoms. The molecule has 1 aliphatic heterocycles. The first-order chi connectivity index (χ1) is 11.4. The second kappa shape index (κ2) is 8.03. The molecule has 2 aliphatic carbocycles. The standard InChI is InChI=1S/C20H37NO3/c1-20(2,3)24-17-9-15(10-17)19-11-16(19)14-22-7-5-6-8-23-18-12-21(4)13-18/h15-19H,5-14H2,1-4H3. The van der Waals surface area contributed by atoms with Gasteiger partial charge in [-0.05, 0) is 77.7 Å². The summed E-state index contributed by atoms with van der Waals surface area (Å²) in [7, 11) is 2.14. The molecule has 2 atom stereocenters. The van der Waals surface area contributed by atoms with Crippen molar-refractivity contribution in [1.29, 1.82) is 0 Å². The van der Waals surface area contributed by atoms with E-state index in [9.17, 15) is 0 Å². The molecule has 0 radical (unpaired) electrons. The van der Waals surface area contributed by atoms with Crippen LogP contribution in [-0.4, -0.2) is 62.7 Å². The third-order valence-electron chi connectivity index (χ3n) is 5.63. The predicted molar refractivity (Wildman–Crippen MR) is 96.2 cm³/mol. The third kappa shape index (κ3) is 5.69. The number of nitrogens with zero attached hydrogens (tertiary/aromatic N) is 1. The van der Waals surface area contributed by atoms with E-state index in [0.29, 0.717) is 12.2 Å². The molecule has 0 aromatic heterocycles. The van der Waals surface area contributed by atoms with E-state index in [-0.39, 0.29) is 5.60 Å². The van der Waals surface area contributed by atoms with Crippen LogP contribution in [0.25, 0.3) is 0 Å². The minimum Gasteiger partial charge on any atom is -0.381 e. The minimum atomic E-state index is 0.0139. The summed E-state index contributed by atoms with van der Waals surface area (Å²) in [6.45, 7) is 11.4. The van der Waals surface area contributed by atoms with E-state index < -0.39 is 0 Å². The van der Waals surface area contributed by atoms with E-state index in [1.54, 1.807) is 0 Å². The zero-order valence-electron chi connectivity index (χ0n) is 16.1. The molecule has 1 heterocycles. The fourth-order valence-electron chi connectivity index (χ4n) is 4.13. The maximum Gasteiger partial charge on any atom is 0.0828 e. The van der Waals surface area contributed by atoms with Gasteiger partial charge in [0.1, 0.15) is 0 Å². The van der Waals surface area contributed by atoms with Crippen LogP contribution in [0, 0.1) is 17.8 Å². The molecule has 140 valence electrons. The Morgan fingerprint density at radius 1 is 0.958 bits per heavy atom. The van der Waals surface area contributed by atoms with Crippen LogP contribution in [0.3, 0.4) is 0 Å².